The molecule has 0 saturated heterocycles. The van der Waals surface area contributed by atoms with E-state index in [1.54, 1.807) is 6.20 Å². The second-order valence-corrected chi connectivity index (χ2v) is 9.85. The second-order valence-electron chi connectivity index (χ2n) is 8.88. The molecule has 4 rings (SSSR count). The molecule has 0 bridgehead atoms. The predicted octanol–water partition coefficient (Wildman–Crippen LogP) is 5.44. The number of fused-ring (bicyclic) bond motifs is 1. The standard InChI is InChI=1S/C23H29N7S/c1-15(23(2,3)4)25-13-16-11-19(26-17-8-10-30(5)14-17)28-20(12-16)29-22-27-18-7-6-9-24-21(18)31-22/h6-12,14-15,25H,13H2,1-5H3,(H2,26,27,28,29)/t15-/m0/s1. The molecule has 0 aliphatic carbocycles. The van der Waals surface area contributed by atoms with Crippen molar-refractivity contribution in [2.45, 2.75) is 40.3 Å². The van der Waals surface area contributed by atoms with Gasteiger partial charge in [-0.05, 0) is 48.2 Å². The SMILES string of the molecule is C[C@H](NCc1cc(Nc2ccn(C)c2)nc(Nc2nc3cccnc3s2)c1)C(C)(C)C. The van der Waals surface area contributed by atoms with Gasteiger partial charge in [0.2, 0.25) is 0 Å². The van der Waals surface area contributed by atoms with Gasteiger partial charge in [-0.15, -0.1) is 0 Å². The van der Waals surface area contributed by atoms with Crippen LogP contribution in [0.1, 0.15) is 33.3 Å². The number of thiazole rings is 1. The molecule has 0 spiro atoms. The maximum absolute atomic E-state index is 4.77. The Hall–Kier alpha value is -2.97. The Kier molecular flexibility index (Phi) is 5.93. The summed E-state index contributed by atoms with van der Waals surface area (Å²) in [6.07, 6.45) is 5.82. The zero-order valence-corrected chi connectivity index (χ0v) is 19.4. The quantitative estimate of drug-likeness (QED) is 0.359. The number of hydrogen-bond donors (Lipinski definition) is 3. The van der Waals surface area contributed by atoms with Gasteiger partial charge >= 0.3 is 0 Å². The molecule has 4 aromatic heterocycles. The smallest absolute Gasteiger partial charge is 0.190 e. The van der Waals surface area contributed by atoms with Gasteiger partial charge in [0.1, 0.15) is 22.0 Å². The molecule has 0 fully saturated rings. The Labute approximate surface area is 187 Å². The average molecular weight is 436 g/mol. The molecule has 0 aliphatic heterocycles. The third kappa shape index (κ3) is 5.39. The van der Waals surface area contributed by atoms with Crippen LogP contribution in [0.4, 0.5) is 22.5 Å². The second kappa shape index (κ2) is 8.64. The molecular weight excluding hydrogens is 406 g/mol. The van der Waals surface area contributed by atoms with Crippen molar-refractivity contribution in [1.29, 1.82) is 0 Å². The number of rotatable bonds is 7. The molecule has 0 amide bonds. The molecule has 0 aliphatic rings. The monoisotopic (exact) mass is 435 g/mol. The highest BCUT2D eigenvalue weighted by Gasteiger charge is 2.19. The molecule has 0 saturated carbocycles. The van der Waals surface area contributed by atoms with Gasteiger partial charge < -0.3 is 20.5 Å². The van der Waals surface area contributed by atoms with Crippen molar-refractivity contribution in [1.82, 2.24) is 24.8 Å². The summed E-state index contributed by atoms with van der Waals surface area (Å²) >= 11 is 1.52. The third-order valence-electron chi connectivity index (χ3n) is 5.30. The number of pyridine rings is 2. The van der Waals surface area contributed by atoms with Crippen molar-refractivity contribution in [2.24, 2.45) is 12.5 Å². The molecular formula is C23H29N7S. The third-order valence-corrected chi connectivity index (χ3v) is 6.20. The summed E-state index contributed by atoms with van der Waals surface area (Å²) in [5.41, 5.74) is 3.21. The Morgan fingerprint density at radius 1 is 1.10 bits per heavy atom. The molecule has 8 heteroatoms. The number of nitrogens with one attached hydrogen (secondary N) is 3. The fourth-order valence-electron chi connectivity index (χ4n) is 3.05. The van der Waals surface area contributed by atoms with Gasteiger partial charge in [-0.2, -0.15) is 0 Å². The number of nitrogens with zero attached hydrogens (tertiary/aromatic N) is 4. The number of hydrogen-bond acceptors (Lipinski definition) is 7. The van der Waals surface area contributed by atoms with Crippen LogP contribution in [0.25, 0.3) is 10.3 Å². The Morgan fingerprint density at radius 2 is 1.87 bits per heavy atom. The first-order chi connectivity index (χ1) is 14.8. The normalized spacial score (nSPS) is 12.8. The van der Waals surface area contributed by atoms with Gasteiger partial charge in [0.05, 0.1) is 5.69 Å². The number of aromatic nitrogens is 4. The van der Waals surface area contributed by atoms with E-state index < -0.39 is 0 Å². The van der Waals surface area contributed by atoms with E-state index in [9.17, 15) is 0 Å². The van der Waals surface area contributed by atoms with Gasteiger partial charge in [-0.25, -0.2) is 15.0 Å². The van der Waals surface area contributed by atoms with Crippen molar-refractivity contribution in [3.05, 3.63) is 54.5 Å². The minimum Gasteiger partial charge on any atom is -0.355 e. The van der Waals surface area contributed by atoms with E-state index in [0.29, 0.717) is 6.04 Å². The Morgan fingerprint density at radius 3 is 2.55 bits per heavy atom. The molecule has 0 unspecified atom stereocenters. The first-order valence-corrected chi connectivity index (χ1v) is 11.2. The predicted molar refractivity (Wildman–Crippen MR) is 129 cm³/mol. The minimum absolute atomic E-state index is 0.188. The summed E-state index contributed by atoms with van der Waals surface area (Å²) in [5, 5.41) is 11.2. The van der Waals surface area contributed by atoms with Crippen LogP contribution in [0, 0.1) is 5.41 Å². The van der Waals surface area contributed by atoms with Crippen molar-refractivity contribution < 1.29 is 0 Å². The van der Waals surface area contributed by atoms with Gasteiger partial charge in [0.25, 0.3) is 0 Å². The van der Waals surface area contributed by atoms with E-state index in [2.05, 4.69) is 65.7 Å². The lowest BCUT2D eigenvalue weighted by Crippen LogP contribution is -2.37. The fraction of sp³-hybridized carbons (Fsp3) is 0.348. The molecule has 3 N–H and O–H groups in total. The Balaban J connectivity index is 1.59. The van der Waals surface area contributed by atoms with Crippen molar-refractivity contribution >= 4 is 44.1 Å². The first-order valence-electron chi connectivity index (χ1n) is 10.4. The molecule has 31 heavy (non-hydrogen) atoms. The van der Waals surface area contributed by atoms with Crippen LogP contribution in [-0.2, 0) is 13.6 Å². The van der Waals surface area contributed by atoms with Crippen LogP contribution in [-0.4, -0.2) is 25.6 Å². The van der Waals surface area contributed by atoms with E-state index in [0.717, 1.165) is 44.9 Å². The van der Waals surface area contributed by atoms with Gasteiger partial charge in [0, 0.05) is 38.2 Å². The summed E-state index contributed by atoms with van der Waals surface area (Å²) in [7, 11) is 2.00. The summed E-state index contributed by atoms with van der Waals surface area (Å²) in [4.78, 5) is 14.7. The fourth-order valence-corrected chi connectivity index (χ4v) is 3.87. The molecule has 4 aromatic rings. The topological polar surface area (TPSA) is 79.7 Å². The van der Waals surface area contributed by atoms with Gasteiger partial charge in [-0.3, -0.25) is 0 Å². The zero-order valence-electron chi connectivity index (χ0n) is 18.6. The maximum Gasteiger partial charge on any atom is 0.190 e. The summed E-state index contributed by atoms with van der Waals surface area (Å²) in [6, 6.07) is 10.4. The highest BCUT2D eigenvalue weighted by molar-refractivity contribution is 7.21. The van der Waals surface area contributed by atoms with Crippen LogP contribution >= 0.6 is 11.3 Å². The maximum atomic E-state index is 4.77. The average Bonchev–Trinajstić information content (AvgIpc) is 3.30. The summed E-state index contributed by atoms with van der Waals surface area (Å²) in [5.74, 6) is 1.54. The van der Waals surface area contributed by atoms with E-state index in [4.69, 9.17) is 4.98 Å². The highest BCUT2D eigenvalue weighted by atomic mass is 32.1. The van der Waals surface area contributed by atoms with E-state index in [1.807, 2.05) is 42.2 Å². The zero-order chi connectivity index (χ0) is 22.0. The highest BCUT2D eigenvalue weighted by Crippen LogP contribution is 2.28. The molecule has 1 atom stereocenters. The molecule has 0 aromatic carbocycles. The van der Waals surface area contributed by atoms with Gasteiger partial charge in [-0.1, -0.05) is 32.1 Å². The van der Waals surface area contributed by atoms with Crippen LogP contribution in [0.5, 0.6) is 0 Å². The summed E-state index contributed by atoms with van der Waals surface area (Å²) in [6.45, 7) is 9.70. The van der Waals surface area contributed by atoms with E-state index in [1.165, 1.54) is 11.3 Å². The van der Waals surface area contributed by atoms with Crippen LogP contribution in [0.2, 0.25) is 0 Å². The van der Waals surface area contributed by atoms with Crippen LogP contribution in [0.3, 0.4) is 0 Å². The number of aryl methyl sites for hydroxylation is 1. The molecule has 162 valence electrons. The first kappa shape index (κ1) is 21.3. The minimum atomic E-state index is 0.188. The van der Waals surface area contributed by atoms with E-state index in [-0.39, 0.29) is 5.41 Å². The van der Waals surface area contributed by atoms with Crippen LogP contribution in [0.15, 0.2) is 48.9 Å². The van der Waals surface area contributed by atoms with Gasteiger partial charge in [0.15, 0.2) is 5.13 Å². The van der Waals surface area contributed by atoms with Crippen molar-refractivity contribution in [2.75, 3.05) is 10.6 Å². The lowest BCUT2D eigenvalue weighted by atomic mass is 9.88. The van der Waals surface area contributed by atoms with E-state index >= 15 is 0 Å². The number of anilines is 4. The van der Waals surface area contributed by atoms with Crippen LogP contribution < -0.4 is 16.0 Å². The lowest BCUT2D eigenvalue weighted by molar-refractivity contribution is 0.285. The van der Waals surface area contributed by atoms with Crippen molar-refractivity contribution in [3.63, 3.8) is 0 Å². The lowest BCUT2D eigenvalue weighted by Gasteiger charge is -2.28. The summed E-state index contributed by atoms with van der Waals surface area (Å²) < 4.78 is 2.01. The molecule has 7 nitrogen and oxygen atoms in total. The van der Waals surface area contributed by atoms with Crippen molar-refractivity contribution in [3.8, 4) is 0 Å². The Bertz CT molecular complexity index is 1140. The molecule has 0 radical (unpaired) electrons. The molecule has 4 heterocycles. The largest absolute Gasteiger partial charge is 0.355 e.